The number of benzene rings is 2. The number of ether oxygens (including phenoxy) is 1. The molecule has 36 heavy (non-hydrogen) atoms. The van der Waals surface area contributed by atoms with E-state index in [1.165, 1.54) is 0 Å². The van der Waals surface area contributed by atoms with E-state index in [4.69, 9.17) is 4.74 Å². The number of hydrogen-bond acceptors (Lipinski definition) is 4. The Balaban J connectivity index is 1.35. The fourth-order valence-corrected chi connectivity index (χ4v) is 5.90. The molecule has 2 fully saturated rings. The van der Waals surface area contributed by atoms with Crippen molar-refractivity contribution >= 4 is 22.6 Å². The molecular weight excluding hydrogens is 456 g/mol. The van der Waals surface area contributed by atoms with Gasteiger partial charge in [-0.15, -0.1) is 0 Å². The molecule has 1 saturated heterocycles. The normalized spacial score (nSPS) is 19.9. The van der Waals surface area contributed by atoms with E-state index in [0.29, 0.717) is 37.1 Å². The summed E-state index contributed by atoms with van der Waals surface area (Å²) in [6.45, 7) is 4.80. The number of nitrogens with zero attached hydrogens (tertiary/aromatic N) is 1. The van der Waals surface area contributed by atoms with Crippen molar-refractivity contribution in [2.45, 2.75) is 52.1 Å². The number of amides is 1. The summed E-state index contributed by atoms with van der Waals surface area (Å²) in [6, 6.07) is 13.4. The van der Waals surface area contributed by atoms with Gasteiger partial charge in [-0.3, -0.25) is 14.4 Å². The highest BCUT2D eigenvalue weighted by atomic mass is 16.5. The third-order valence-electron chi connectivity index (χ3n) is 8.16. The number of piperidine rings is 1. The lowest BCUT2D eigenvalue weighted by Crippen LogP contribution is -2.53. The minimum atomic E-state index is -0.748. The molecule has 5 rings (SSSR count). The van der Waals surface area contributed by atoms with Crippen LogP contribution in [-0.4, -0.2) is 46.1 Å². The van der Waals surface area contributed by atoms with Gasteiger partial charge in [-0.1, -0.05) is 30.7 Å². The van der Waals surface area contributed by atoms with Crippen molar-refractivity contribution in [2.24, 2.45) is 11.3 Å². The smallest absolute Gasteiger partial charge is 0.309 e. The zero-order chi connectivity index (χ0) is 25.4. The summed E-state index contributed by atoms with van der Waals surface area (Å²) >= 11 is 0. The van der Waals surface area contributed by atoms with Gasteiger partial charge >= 0.3 is 5.97 Å². The lowest BCUT2D eigenvalue weighted by atomic mass is 9.59. The highest BCUT2D eigenvalue weighted by molar-refractivity contribution is 5.97. The number of pyridine rings is 1. The average molecular weight is 489 g/mol. The molecule has 7 heteroatoms. The number of aromatic nitrogens is 1. The molecule has 1 amide bonds. The topological polar surface area (TPSA) is 99.7 Å². The Bertz CT molecular complexity index is 1370. The Morgan fingerprint density at radius 1 is 1.11 bits per heavy atom. The zero-order valence-electron chi connectivity index (χ0n) is 20.8. The molecule has 1 aliphatic heterocycles. The van der Waals surface area contributed by atoms with Gasteiger partial charge in [0.1, 0.15) is 5.75 Å². The van der Waals surface area contributed by atoms with Crippen molar-refractivity contribution in [3.63, 3.8) is 0 Å². The van der Waals surface area contributed by atoms with E-state index in [-0.39, 0.29) is 17.4 Å². The summed E-state index contributed by atoms with van der Waals surface area (Å²) in [5.41, 5.74) is 2.18. The molecule has 0 spiro atoms. The Hall–Kier alpha value is -3.61. The molecule has 2 aliphatic rings. The minimum absolute atomic E-state index is 0.0206. The fourth-order valence-electron chi connectivity index (χ4n) is 5.90. The van der Waals surface area contributed by atoms with Gasteiger partial charge in [0, 0.05) is 24.8 Å². The van der Waals surface area contributed by atoms with Gasteiger partial charge in [0.05, 0.1) is 10.8 Å². The predicted octanol–water partition coefficient (Wildman–Crippen LogP) is 4.76. The Morgan fingerprint density at radius 3 is 2.58 bits per heavy atom. The maximum Gasteiger partial charge on any atom is 0.309 e. The van der Waals surface area contributed by atoms with E-state index in [0.717, 1.165) is 41.3 Å². The number of nitrogens with one attached hydrogen (secondary N) is 1. The summed E-state index contributed by atoms with van der Waals surface area (Å²) in [4.78, 5) is 42.4. The van der Waals surface area contributed by atoms with Gasteiger partial charge in [-0.25, -0.2) is 0 Å². The zero-order valence-corrected chi connectivity index (χ0v) is 20.8. The number of fused-ring (bicyclic) bond motifs is 1. The number of aromatic amines is 1. The van der Waals surface area contributed by atoms with Gasteiger partial charge < -0.3 is 19.7 Å². The monoisotopic (exact) mass is 488 g/mol. The molecule has 1 aromatic heterocycles. The number of carboxylic acids is 1. The molecule has 0 radical (unpaired) electrons. The van der Waals surface area contributed by atoms with Gasteiger partial charge in [0.2, 0.25) is 0 Å². The van der Waals surface area contributed by atoms with Crippen molar-refractivity contribution < 1.29 is 19.4 Å². The number of carbonyl (C=O) groups excluding carboxylic acids is 1. The molecule has 0 unspecified atom stereocenters. The number of rotatable bonds is 6. The number of H-pyrrole nitrogens is 1. The van der Waals surface area contributed by atoms with Crippen LogP contribution in [0.25, 0.3) is 21.9 Å². The molecular formula is C29H32N2O5. The molecule has 188 valence electrons. The SMILES string of the molecule is Cc1ccccc1-c1c[nH]c(=O)c2cc(O[C@H](C)C(=O)N3CCC[C@H](C4(C(=O)O)CCC4)C3)ccc12. The van der Waals surface area contributed by atoms with Crippen LogP contribution >= 0.6 is 0 Å². The quantitative estimate of drug-likeness (QED) is 0.521. The van der Waals surface area contributed by atoms with Gasteiger partial charge in [0.15, 0.2) is 6.10 Å². The molecule has 1 saturated carbocycles. The Morgan fingerprint density at radius 2 is 1.89 bits per heavy atom. The Kier molecular flexibility index (Phi) is 6.33. The second-order valence-corrected chi connectivity index (χ2v) is 10.3. The lowest BCUT2D eigenvalue weighted by molar-refractivity contribution is -0.164. The molecule has 2 N–H and O–H groups in total. The van der Waals surface area contributed by atoms with Crippen LogP contribution in [-0.2, 0) is 9.59 Å². The number of carboxylic acid groups (broad SMARTS) is 1. The first-order valence-electron chi connectivity index (χ1n) is 12.7. The van der Waals surface area contributed by atoms with Crippen molar-refractivity contribution in [3.05, 3.63) is 64.6 Å². The van der Waals surface area contributed by atoms with Crippen LogP contribution in [0.15, 0.2) is 53.5 Å². The standard InChI is InChI=1S/C29H32N2O5/c1-18-7-3-4-9-22(18)25-16-30-26(32)24-15-21(10-11-23(24)25)36-19(2)27(33)31-14-5-8-20(17-31)29(28(34)35)12-6-13-29/h3-4,7,9-11,15-16,19-20H,5-6,8,12-14,17H2,1-2H3,(H,30,32)(H,34,35)/t19-,20+/m1/s1. The largest absolute Gasteiger partial charge is 0.481 e. The van der Waals surface area contributed by atoms with Gasteiger partial charge in [-0.05, 0) is 80.2 Å². The molecule has 2 heterocycles. The first-order chi connectivity index (χ1) is 17.3. The van der Waals surface area contributed by atoms with Crippen molar-refractivity contribution in [1.82, 2.24) is 9.88 Å². The van der Waals surface area contributed by atoms with Crippen LogP contribution in [0.4, 0.5) is 0 Å². The summed E-state index contributed by atoms with van der Waals surface area (Å²) in [7, 11) is 0. The van der Waals surface area contributed by atoms with Crippen LogP contribution in [0.5, 0.6) is 5.75 Å². The fraction of sp³-hybridized carbons (Fsp3) is 0.414. The van der Waals surface area contributed by atoms with E-state index in [1.54, 1.807) is 30.2 Å². The second-order valence-electron chi connectivity index (χ2n) is 10.3. The third kappa shape index (κ3) is 4.16. The first kappa shape index (κ1) is 24.1. The molecule has 0 bridgehead atoms. The van der Waals surface area contributed by atoms with Crippen LogP contribution in [0, 0.1) is 18.3 Å². The third-order valence-corrected chi connectivity index (χ3v) is 8.16. The highest BCUT2D eigenvalue weighted by Crippen LogP contribution is 2.50. The number of aryl methyl sites for hydroxylation is 1. The lowest BCUT2D eigenvalue weighted by Gasteiger charge is -2.48. The summed E-state index contributed by atoms with van der Waals surface area (Å²) < 4.78 is 6.01. The minimum Gasteiger partial charge on any atom is -0.481 e. The highest BCUT2D eigenvalue weighted by Gasteiger charge is 2.51. The summed E-state index contributed by atoms with van der Waals surface area (Å²) in [5, 5.41) is 11.1. The van der Waals surface area contributed by atoms with E-state index in [9.17, 15) is 19.5 Å². The number of hydrogen-bond donors (Lipinski definition) is 2. The van der Waals surface area contributed by atoms with E-state index >= 15 is 0 Å². The summed E-state index contributed by atoms with van der Waals surface area (Å²) in [5.74, 6) is -0.455. The molecule has 7 nitrogen and oxygen atoms in total. The molecule has 2 aromatic carbocycles. The first-order valence-corrected chi connectivity index (χ1v) is 12.7. The van der Waals surface area contributed by atoms with Gasteiger partial charge in [0.25, 0.3) is 11.5 Å². The maximum atomic E-state index is 13.2. The van der Waals surface area contributed by atoms with E-state index in [1.807, 2.05) is 37.3 Å². The van der Waals surface area contributed by atoms with E-state index in [2.05, 4.69) is 4.98 Å². The predicted molar refractivity (Wildman–Crippen MR) is 138 cm³/mol. The van der Waals surface area contributed by atoms with Gasteiger partial charge in [-0.2, -0.15) is 0 Å². The molecule has 3 aromatic rings. The number of likely N-dealkylation sites (tertiary alicyclic amines) is 1. The second kappa shape index (κ2) is 9.45. The molecule has 2 atom stereocenters. The van der Waals surface area contributed by atoms with Crippen LogP contribution in [0.2, 0.25) is 0 Å². The summed E-state index contributed by atoms with van der Waals surface area (Å²) in [6.07, 6.45) is 4.94. The maximum absolute atomic E-state index is 13.2. The van der Waals surface area contributed by atoms with Crippen LogP contribution in [0.1, 0.15) is 44.6 Å². The number of aliphatic carboxylic acids is 1. The molecule has 1 aliphatic carbocycles. The average Bonchev–Trinajstić information content (AvgIpc) is 2.84. The Labute approximate surface area is 210 Å². The van der Waals surface area contributed by atoms with Crippen LogP contribution < -0.4 is 10.3 Å². The van der Waals surface area contributed by atoms with Crippen molar-refractivity contribution in [1.29, 1.82) is 0 Å². The van der Waals surface area contributed by atoms with Crippen LogP contribution in [0.3, 0.4) is 0 Å². The van der Waals surface area contributed by atoms with Crippen molar-refractivity contribution in [2.75, 3.05) is 13.1 Å². The number of carbonyl (C=O) groups is 2. The van der Waals surface area contributed by atoms with Crippen molar-refractivity contribution in [3.8, 4) is 16.9 Å². The van der Waals surface area contributed by atoms with E-state index < -0.39 is 17.5 Å².